The summed E-state index contributed by atoms with van der Waals surface area (Å²) in [6, 6.07) is 16.2. The predicted octanol–water partition coefficient (Wildman–Crippen LogP) is 3.01. The van der Waals surface area contributed by atoms with Crippen molar-refractivity contribution < 1.29 is 9.59 Å². The number of hydrogen-bond acceptors (Lipinski definition) is 3. The molecule has 26 heavy (non-hydrogen) atoms. The molecule has 5 heteroatoms. The number of nitrogens with one attached hydrogen (secondary N) is 2. The van der Waals surface area contributed by atoms with Gasteiger partial charge in [0, 0.05) is 29.9 Å². The van der Waals surface area contributed by atoms with E-state index in [1.54, 1.807) is 36.4 Å². The minimum atomic E-state index is -0.156. The molecule has 0 saturated carbocycles. The van der Waals surface area contributed by atoms with Crippen molar-refractivity contribution in [3.63, 3.8) is 0 Å². The Morgan fingerprint density at radius 3 is 2.23 bits per heavy atom. The fourth-order valence-corrected chi connectivity index (χ4v) is 3.30. The van der Waals surface area contributed by atoms with E-state index in [2.05, 4.69) is 10.6 Å². The number of benzene rings is 2. The van der Waals surface area contributed by atoms with E-state index in [0.717, 1.165) is 32.5 Å². The van der Waals surface area contributed by atoms with Gasteiger partial charge in [-0.3, -0.25) is 9.59 Å². The van der Waals surface area contributed by atoms with Crippen molar-refractivity contribution in [3.8, 4) is 0 Å². The van der Waals surface area contributed by atoms with Gasteiger partial charge in [-0.05, 0) is 68.8 Å². The second-order valence-electron chi connectivity index (χ2n) is 6.69. The van der Waals surface area contributed by atoms with Crippen LogP contribution in [0.1, 0.15) is 33.6 Å². The molecule has 0 aliphatic carbocycles. The standard InChI is InChI=1S/C21H25N3O2/c1-22-15-16-11-13-24(14-12-16)21(26)18-7-9-19(10-8-18)23-20(25)17-5-3-2-4-6-17/h2-10,16,22H,11-15H2,1H3,(H,23,25). The number of amides is 2. The molecule has 5 nitrogen and oxygen atoms in total. The van der Waals surface area contributed by atoms with Crippen LogP contribution in [0.3, 0.4) is 0 Å². The largest absolute Gasteiger partial charge is 0.339 e. The molecule has 1 aliphatic rings. The molecule has 2 aromatic rings. The summed E-state index contributed by atoms with van der Waals surface area (Å²) in [7, 11) is 1.97. The zero-order valence-corrected chi connectivity index (χ0v) is 15.1. The van der Waals surface area contributed by atoms with Crippen molar-refractivity contribution in [2.45, 2.75) is 12.8 Å². The number of likely N-dealkylation sites (tertiary alicyclic amines) is 1. The Bertz CT molecular complexity index is 736. The van der Waals surface area contributed by atoms with Crippen LogP contribution >= 0.6 is 0 Å². The molecule has 2 aromatic carbocycles. The van der Waals surface area contributed by atoms with Crippen LogP contribution in [-0.4, -0.2) is 43.4 Å². The smallest absolute Gasteiger partial charge is 0.255 e. The average molecular weight is 351 g/mol. The fourth-order valence-electron chi connectivity index (χ4n) is 3.30. The third-order valence-corrected chi connectivity index (χ3v) is 4.82. The van der Waals surface area contributed by atoms with Crippen LogP contribution < -0.4 is 10.6 Å². The van der Waals surface area contributed by atoms with Gasteiger partial charge in [-0.2, -0.15) is 0 Å². The van der Waals surface area contributed by atoms with Gasteiger partial charge in [0.05, 0.1) is 0 Å². The SMILES string of the molecule is CNCC1CCN(C(=O)c2ccc(NC(=O)c3ccccc3)cc2)CC1. The lowest BCUT2D eigenvalue weighted by molar-refractivity contribution is 0.0691. The van der Waals surface area contributed by atoms with Crippen molar-refractivity contribution in [1.82, 2.24) is 10.2 Å². The minimum absolute atomic E-state index is 0.0637. The first-order valence-electron chi connectivity index (χ1n) is 9.07. The summed E-state index contributed by atoms with van der Waals surface area (Å²) in [4.78, 5) is 26.7. The fraction of sp³-hybridized carbons (Fsp3) is 0.333. The summed E-state index contributed by atoms with van der Waals surface area (Å²) in [6.07, 6.45) is 2.08. The van der Waals surface area contributed by atoms with Gasteiger partial charge in [-0.1, -0.05) is 18.2 Å². The lowest BCUT2D eigenvalue weighted by atomic mass is 9.96. The van der Waals surface area contributed by atoms with Gasteiger partial charge in [0.1, 0.15) is 0 Å². The highest BCUT2D eigenvalue weighted by Crippen LogP contribution is 2.19. The topological polar surface area (TPSA) is 61.4 Å². The summed E-state index contributed by atoms with van der Waals surface area (Å²) in [6.45, 7) is 2.62. The van der Waals surface area contributed by atoms with Gasteiger partial charge in [0.2, 0.25) is 0 Å². The van der Waals surface area contributed by atoms with Crippen LogP contribution in [0.5, 0.6) is 0 Å². The lowest BCUT2D eigenvalue weighted by Crippen LogP contribution is -2.40. The summed E-state index contributed by atoms with van der Waals surface area (Å²) in [5, 5.41) is 6.06. The van der Waals surface area contributed by atoms with E-state index in [-0.39, 0.29) is 11.8 Å². The van der Waals surface area contributed by atoms with E-state index in [1.165, 1.54) is 0 Å². The molecule has 1 aliphatic heterocycles. The number of anilines is 1. The van der Waals surface area contributed by atoms with E-state index >= 15 is 0 Å². The minimum Gasteiger partial charge on any atom is -0.339 e. The van der Waals surface area contributed by atoms with Crippen LogP contribution in [0.25, 0.3) is 0 Å². The van der Waals surface area contributed by atoms with Crippen LogP contribution in [0.2, 0.25) is 0 Å². The van der Waals surface area contributed by atoms with E-state index in [9.17, 15) is 9.59 Å². The number of carbonyl (C=O) groups excluding carboxylic acids is 2. The zero-order valence-electron chi connectivity index (χ0n) is 15.1. The quantitative estimate of drug-likeness (QED) is 0.870. The predicted molar refractivity (Wildman–Crippen MR) is 103 cm³/mol. The molecule has 2 amide bonds. The van der Waals surface area contributed by atoms with E-state index < -0.39 is 0 Å². The van der Waals surface area contributed by atoms with E-state index in [4.69, 9.17) is 0 Å². The highest BCUT2D eigenvalue weighted by Gasteiger charge is 2.23. The van der Waals surface area contributed by atoms with Gasteiger partial charge >= 0.3 is 0 Å². The molecule has 1 heterocycles. The third kappa shape index (κ3) is 4.49. The Labute approximate surface area is 154 Å². The first-order valence-corrected chi connectivity index (χ1v) is 9.07. The number of piperidine rings is 1. The zero-order chi connectivity index (χ0) is 18.4. The van der Waals surface area contributed by atoms with Gasteiger partial charge in [0.15, 0.2) is 0 Å². The number of hydrogen-bond donors (Lipinski definition) is 2. The summed E-state index contributed by atoms with van der Waals surface area (Å²) in [5.74, 6) is 0.560. The normalized spacial score (nSPS) is 14.9. The molecule has 1 fully saturated rings. The summed E-state index contributed by atoms with van der Waals surface area (Å²) in [5.41, 5.74) is 1.95. The highest BCUT2D eigenvalue weighted by atomic mass is 16.2. The Hall–Kier alpha value is -2.66. The molecule has 0 atom stereocenters. The molecule has 0 unspecified atom stereocenters. The van der Waals surface area contributed by atoms with Crippen molar-refractivity contribution in [3.05, 3.63) is 65.7 Å². The maximum absolute atomic E-state index is 12.6. The van der Waals surface area contributed by atoms with Crippen LogP contribution in [0.15, 0.2) is 54.6 Å². The van der Waals surface area contributed by atoms with Crippen LogP contribution in [0.4, 0.5) is 5.69 Å². The molecule has 2 N–H and O–H groups in total. The number of nitrogens with zero attached hydrogens (tertiary/aromatic N) is 1. The van der Waals surface area contributed by atoms with Crippen molar-refractivity contribution in [2.75, 3.05) is 32.0 Å². The number of carbonyl (C=O) groups is 2. The molecule has 136 valence electrons. The highest BCUT2D eigenvalue weighted by molar-refractivity contribution is 6.04. The molecule has 0 radical (unpaired) electrons. The van der Waals surface area contributed by atoms with Gasteiger partial charge < -0.3 is 15.5 Å². The summed E-state index contributed by atoms with van der Waals surface area (Å²) >= 11 is 0. The van der Waals surface area contributed by atoms with Gasteiger partial charge in [-0.25, -0.2) is 0 Å². The van der Waals surface area contributed by atoms with Crippen molar-refractivity contribution >= 4 is 17.5 Å². The molecule has 0 spiro atoms. The molecule has 3 rings (SSSR count). The number of rotatable bonds is 5. The molecule has 0 bridgehead atoms. The third-order valence-electron chi connectivity index (χ3n) is 4.82. The maximum Gasteiger partial charge on any atom is 0.255 e. The Balaban J connectivity index is 1.57. The van der Waals surface area contributed by atoms with Crippen LogP contribution in [0, 0.1) is 5.92 Å². The maximum atomic E-state index is 12.6. The van der Waals surface area contributed by atoms with Crippen LogP contribution in [-0.2, 0) is 0 Å². The van der Waals surface area contributed by atoms with Crippen molar-refractivity contribution in [1.29, 1.82) is 0 Å². The van der Waals surface area contributed by atoms with Crippen molar-refractivity contribution in [2.24, 2.45) is 5.92 Å². The van der Waals surface area contributed by atoms with Gasteiger partial charge in [-0.15, -0.1) is 0 Å². The lowest BCUT2D eigenvalue weighted by Gasteiger charge is -2.32. The Morgan fingerprint density at radius 1 is 0.962 bits per heavy atom. The monoisotopic (exact) mass is 351 g/mol. The average Bonchev–Trinajstić information content (AvgIpc) is 2.69. The second kappa shape index (κ2) is 8.63. The molecular weight excluding hydrogens is 326 g/mol. The van der Waals surface area contributed by atoms with E-state index in [0.29, 0.717) is 22.7 Å². The molecule has 1 saturated heterocycles. The second-order valence-corrected chi connectivity index (χ2v) is 6.69. The Morgan fingerprint density at radius 2 is 1.62 bits per heavy atom. The molecule has 0 aromatic heterocycles. The van der Waals surface area contributed by atoms with E-state index in [1.807, 2.05) is 30.1 Å². The summed E-state index contributed by atoms with van der Waals surface area (Å²) < 4.78 is 0. The first-order chi connectivity index (χ1) is 12.7. The van der Waals surface area contributed by atoms with Gasteiger partial charge in [0.25, 0.3) is 11.8 Å². The Kier molecular flexibility index (Phi) is 6.02. The first kappa shape index (κ1) is 18.1. The molecular formula is C21H25N3O2.